The molecule has 0 bridgehead atoms. The van der Waals surface area contributed by atoms with E-state index in [0.717, 1.165) is 0 Å². The first-order valence-corrected chi connectivity index (χ1v) is 5.56. The molecular formula is C11H16ClFN2O. The molecule has 0 radical (unpaired) electrons. The Labute approximate surface area is 99.4 Å². The Bertz CT molecular complexity index is 336. The average molecular weight is 247 g/mol. The van der Waals surface area contributed by atoms with Gasteiger partial charge in [0.25, 0.3) is 0 Å². The van der Waals surface area contributed by atoms with E-state index in [4.69, 9.17) is 22.4 Å². The minimum atomic E-state index is -0.323. The number of rotatable bonds is 6. The molecule has 0 aromatic heterocycles. The normalized spacial score (nSPS) is 12.8. The molecule has 0 heterocycles. The van der Waals surface area contributed by atoms with Gasteiger partial charge in [0.1, 0.15) is 5.82 Å². The van der Waals surface area contributed by atoms with Crippen molar-refractivity contribution < 1.29 is 9.50 Å². The van der Waals surface area contributed by atoms with Crippen LogP contribution < -0.4 is 11.1 Å². The Balaban J connectivity index is 2.73. The first-order valence-electron chi connectivity index (χ1n) is 5.18. The average Bonchev–Trinajstić information content (AvgIpc) is 2.28. The molecule has 1 aromatic carbocycles. The van der Waals surface area contributed by atoms with Crippen molar-refractivity contribution in [3.05, 3.63) is 34.6 Å². The molecule has 1 atom stereocenters. The summed E-state index contributed by atoms with van der Waals surface area (Å²) in [6, 6.07) is 4.13. The van der Waals surface area contributed by atoms with Crippen molar-refractivity contribution in [2.24, 2.45) is 5.73 Å². The maximum Gasteiger partial charge on any atom is 0.128 e. The number of nitrogens with one attached hydrogen (secondary N) is 1. The molecule has 4 N–H and O–H groups in total. The SMILES string of the molecule is NCC(NCCCO)c1cc(Cl)ccc1F. The van der Waals surface area contributed by atoms with Crippen LogP contribution in [0.3, 0.4) is 0 Å². The van der Waals surface area contributed by atoms with Crippen molar-refractivity contribution in [1.82, 2.24) is 5.32 Å². The topological polar surface area (TPSA) is 58.3 Å². The smallest absolute Gasteiger partial charge is 0.128 e. The van der Waals surface area contributed by atoms with E-state index in [-0.39, 0.29) is 25.0 Å². The van der Waals surface area contributed by atoms with Gasteiger partial charge in [-0.2, -0.15) is 0 Å². The highest BCUT2D eigenvalue weighted by Crippen LogP contribution is 2.20. The van der Waals surface area contributed by atoms with Gasteiger partial charge in [0, 0.05) is 29.8 Å². The maximum absolute atomic E-state index is 13.5. The van der Waals surface area contributed by atoms with Gasteiger partial charge in [0.15, 0.2) is 0 Å². The number of aliphatic hydroxyl groups is 1. The highest BCUT2D eigenvalue weighted by atomic mass is 35.5. The molecule has 0 aliphatic rings. The fourth-order valence-electron chi connectivity index (χ4n) is 1.46. The van der Waals surface area contributed by atoms with Crippen LogP contribution in [0.1, 0.15) is 18.0 Å². The molecule has 0 amide bonds. The third-order valence-corrected chi connectivity index (χ3v) is 2.53. The molecule has 0 aliphatic carbocycles. The number of hydrogen-bond donors (Lipinski definition) is 3. The molecular weight excluding hydrogens is 231 g/mol. The number of nitrogens with two attached hydrogens (primary N) is 1. The van der Waals surface area contributed by atoms with Gasteiger partial charge in [-0.05, 0) is 31.2 Å². The predicted octanol–water partition coefficient (Wildman–Crippen LogP) is 1.45. The fourth-order valence-corrected chi connectivity index (χ4v) is 1.64. The first-order chi connectivity index (χ1) is 7.69. The Morgan fingerprint density at radius 3 is 2.88 bits per heavy atom. The third-order valence-electron chi connectivity index (χ3n) is 2.29. The van der Waals surface area contributed by atoms with E-state index in [2.05, 4.69) is 5.32 Å². The van der Waals surface area contributed by atoms with Crippen molar-refractivity contribution in [3.63, 3.8) is 0 Å². The van der Waals surface area contributed by atoms with Gasteiger partial charge in [-0.25, -0.2) is 4.39 Å². The molecule has 0 aliphatic heterocycles. The molecule has 1 aromatic rings. The summed E-state index contributed by atoms with van der Waals surface area (Å²) in [6.07, 6.45) is 0.610. The van der Waals surface area contributed by atoms with Gasteiger partial charge < -0.3 is 16.2 Å². The highest BCUT2D eigenvalue weighted by Gasteiger charge is 2.13. The summed E-state index contributed by atoms with van der Waals surface area (Å²) in [4.78, 5) is 0. The number of hydrogen-bond acceptors (Lipinski definition) is 3. The van der Waals surface area contributed by atoms with Crippen LogP contribution in [0, 0.1) is 5.82 Å². The molecule has 0 saturated heterocycles. The van der Waals surface area contributed by atoms with Crippen LogP contribution in [-0.2, 0) is 0 Å². The largest absolute Gasteiger partial charge is 0.396 e. The van der Waals surface area contributed by atoms with E-state index in [0.29, 0.717) is 23.6 Å². The molecule has 1 unspecified atom stereocenters. The molecule has 0 saturated carbocycles. The first kappa shape index (κ1) is 13.4. The van der Waals surface area contributed by atoms with Crippen molar-refractivity contribution in [2.75, 3.05) is 19.7 Å². The summed E-state index contributed by atoms with van der Waals surface area (Å²) in [6.45, 7) is 0.968. The fraction of sp³-hybridized carbons (Fsp3) is 0.455. The van der Waals surface area contributed by atoms with Crippen LogP contribution >= 0.6 is 11.6 Å². The zero-order chi connectivity index (χ0) is 12.0. The molecule has 90 valence electrons. The lowest BCUT2D eigenvalue weighted by atomic mass is 10.1. The molecule has 3 nitrogen and oxygen atoms in total. The van der Waals surface area contributed by atoms with Crippen LogP contribution in [0.5, 0.6) is 0 Å². The number of halogens is 2. The van der Waals surface area contributed by atoms with Crippen LogP contribution in [0.4, 0.5) is 4.39 Å². The summed E-state index contributed by atoms with van der Waals surface area (Å²) in [5.74, 6) is -0.323. The summed E-state index contributed by atoms with van der Waals surface area (Å²) in [5.41, 5.74) is 6.04. The molecule has 0 fully saturated rings. The molecule has 1 rings (SSSR count). The molecule has 16 heavy (non-hydrogen) atoms. The van der Waals surface area contributed by atoms with E-state index in [1.54, 1.807) is 6.07 Å². The Hall–Kier alpha value is -0.680. The standard InChI is InChI=1S/C11H16ClFN2O/c12-8-2-3-10(13)9(6-8)11(7-14)15-4-1-5-16/h2-3,6,11,15-16H,1,4-5,7,14H2. The quantitative estimate of drug-likeness (QED) is 0.666. The van der Waals surface area contributed by atoms with Crippen molar-refractivity contribution in [3.8, 4) is 0 Å². The van der Waals surface area contributed by atoms with Crippen LogP contribution in [-0.4, -0.2) is 24.8 Å². The highest BCUT2D eigenvalue weighted by molar-refractivity contribution is 6.30. The van der Waals surface area contributed by atoms with Crippen LogP contribution in [0.25, 0.3) is 0 Å². The van der Waals surface area contributed by atoms with Crippen LogP contribution in [0.15, 0.2) is 18.2 Å². The van der Waals surface area contributed by atoms with Gasteiger partial charge in [-0.1, -0.05) is 11.6 Å². The van der Waals surface area contributed by atoms with Gasteiger partial charge in [0.05, 0.1) is 0 Å². The Morgan fingerprint density at radius 2 is 2.25 bits per heavy atom. The number of aliphatic hydroxyl groups excluding tert-OH is 1. The summed E-state index contributed by atoms with van der Waals surface area (Å²) >= 11 is 5.80. The summed E-state index contributed by atoms with van der Waals surface area (Å²) in [7, 11) is 0. The predicted molar refractivity (Wildman–Crippen MR) is 62.9 cm³/mol. The van der Waals surface area contributed by atoms with Crippen LogP contribution in [0.2, 0.25) is 5.02 Å². The minimum Gasteiger partial charge on any atom is -0.396 e. The van der Waals surface area contributed by atoms with E-state index >= 15 is 0 Å². The third kappa shape index (κ3) is 3.72. The van der Waals surface area contributed by atoms with Gasteiger partial charge in [-0.3, -0.25) is 0 Å². The maximum atomic E-state index is 13.5. The second-order valence-corrected chi connectivity index (χ2v) is 3.92. The Morgan fingerprint density at radius 1 is 1.50 bits per heavy atom. The minimum absolute atomic E-state index is 0.0995. The van der Waals surface area contributed by atoms with E-state index in [9.17, 15) is 4.39 Å². The van der Waals surface area contributed by atoms with E-state index in [1.807, 2.05) is 0 Å². The lowest BCUT2D eigenvalue weighted by Crippen LogP contribution is -2.30. The number of benzene rings is 1. The second kappa shape index (κ2) is 6.81. The van der Waals surface area contributed by atoms with Crippen molar-refractivity contribution in [1.29, 1.82) is 0 Å². The molecule has 0 spiro atoms. The lowest BCUT2D eigenvalue weighted by molar-refractivity contribution is 0.283. The van der Waals surface area contributed by atoms with Gasteiger partial charge >= 0.3 is 0 Å². The van der Waals surface area contributed by atoms with Gasteiger partial charge in [-0.15, -0.1) is 0 Å². The van der Waals surface area contributed by atoms with Crippen molar-refractivity contribution in [2.45, 2.75) is 12.5 Å². The van der Waals surface area contributed by atoms with Gasteiger partial charge in [0.2, 0.25) is 0 Å². The monoisotopic (exact) mass is 246 g/mol. The lowest BCUT2D eigenvalue weighted by Gasteiger charge is -2.17. The summed E-state index contributed by atoms with van der Waals surface area (Å²) in [5, 5.41) is 12.2. The Kier molecular flexibility index (Phi) is 5.69. The van der Waals surface area contributed by atoms with E-state index < -0.39 is 0 Å². The zero-order valence-electron chi connectivity index (χ0n) is 8.92. The van der Waals surface area contributed by atoms with Crippen molar-refractivity contribution >= 4 is 11.6 Å². The van der Waals surface area contributed by atoms with E-state index in [1.165, 1.54) is 12.1 Å². The second-order valence-electron chi connectivity index (χ2n) is 3.49. The zero-order valence-corrected chi connectivity index (χ0v) is 9.67. The summed E-state index contributed by atoms with van der Waals surface area (Å²) < 4.78 is 13.5. The molecule has 5 heteroatoms.